The Balaban J connectivity index is 0.000000461. The molecule has 0 saturated heterocycles. The van der Waals surface area contributed by atoms with Gasteiger partial charge in [0.25, 0.3) is 0 Å². The van der Waals surface area contributed by atoms with Crippen LogP contribution >= 0.6 is 0 Å². The van der Waals surface area contributed by atoms with Crippen molar-refractivity contribution in [2.45, 2.75) is 6.54 Å². The lowest BCUT2D eigenvalue weighted by Crippen LogP contribution is -1.95. The molecule has 3 nitrogen and oxygen atoms in total. The van der Waals surface area contributed by atoms with Crippen molar-refractivity contribution in [2.75, 3.05) is 12.8 Å². The maximum absolute atomic E-state index is 5.44. The molecule has 0 fully saturated rings. The summed E-state index contributed by atoms with van der Waals surface area (Å²) < 4.78 is 0. The fourth-order valence-corrected chi connectivity index (χ4v) is 0.654. The van der Waals surface area contributed by atoms with Gasteiger partial charge in [0.2, 0.25) is 0 Å². The lowest BCUT2D eigenvalue weighted by molar-refractivity contribution is 1.07. The third-order valence-corrected chi connectivity index (χ3v) is 1.22. The van der Waals surface area contributed by atoms with Gasteiger partial charge in [-0.15, -0.1) is 0 Å². The summed E-state index contributed by atoms with van der Waals surface area (Å²) in [5.74, 6) is 0. The monoisotopic (exact) mass is 153 g/mol. The minimum atomic E-state index is 0.584. The number of rotatable bonds is 1. The van der Waals surface area contributed by atoms with Crippen LogP contribution in [0.25, 0.3) is 0 Å². The lowest BCUT2D eigenvalue weighted by Gasteiger charge is -1.94. The van der Waals surface area contributed by atoms with E-state index in [0.29, 0.717) is 6.54 Å². The second kappa shape index (κ2) is 5.70. The highest BCUT2D eigenvalue weighted by Gasteiger charge is 1.85. The quantitative estimate of drug-likeness (QED) is 0.508. The van der Waals surface area contributed by atoms with E-state index in [2.05, 4.69) is 5.73 Å². The average Bonchev–Trinajstić information content (AvgIpc) is 2.10. The highest BCUT2D eigenvalue weighted by Crippen LogP contribution is 2.03. The Morgan fingerprint density at radius 1 is 1.09 bits per heavy atom. The molecule has 0 radical (unpaired) electrons. The molecule has 0 aliphatic rings. The first-order valence-electron chi connectivity index (χ1n) is 3.45. The zero-order valence-corrected chi connectivity index (χ0v) is 6.75. The van der Waals surface area contributed by atoms with Crippen molar-refractivity contribution in [1.29, 1.82) is 0 Å². The molecule has 1 aromatic rings. The predicted molar refractivity (Wildman–Crippen MR) is 48.9 cm³/mol. The summed E-state index contributed by atoms with van der Waals surface area (Å²) in [6.07, 6.45) is 0. The molecule has 0 heterocycles. The van der Waals surface area contributed by atoms with Gasteiger partial charge in [0.15, 0.2) is 0 Å². The minimum absolute atomic E-state index is 0.584. The van der Waals surface area contributed by atoms with Crippen LogP contribution in [-0.2, 0) is 6.54 Å². The van der Waals surface area contributed by atoms with E-state index in [1.54, 1.807) is 0 Å². The Hall–Kier alpha value is -1.06. The van der Waals surface area contributed by atoms with Gasteiger partial charge in [-0.2, -0.15) is 0 Å². The number of nitrogens with two attached hydrogens (primary N) is 3. The van der Waals surface area contributed by atoms with Gasteiger partial charge in [-0.3, -0.25) is 0 Å². The Bertz CT molecular complexity index is 181. The zero-order valence-electron chi connectivity index (χ0n) is 6.75. The van der Waals surface area contributed by atoms with Crippen LogP contribution in [0.5, 0.6) is 0 Å². The summed E-state index contributed by atoms with van der Waals surface area (Å²) in [5, 5.41) is 0. The normalized spacial score (nSPS) is 8.27. The van der Waals surface area contributed by atoms with Crippen molar-refractivity contribution in [2.24, 2.45) is 11.5 Å². The second-order valence-corrected chi connectivity index (χ2v) is 1.95. The summed E-state index contributed by atoms with van der Waals surface area (Å²) in [6, 6.07) is 7.55. The molecule has 0 unspecified atom stereocenters. The molecule has 1 aromatic carbocycles. The van der Waals surface area contributed by atoms with Crippen molar-refractivity contribution in [3.8, 4) is 0 Å². The number of hydrogen-bond donors (Lipinski definition) is 3. The van der Waals surface area contributed by atoms with Crippen LogP contribution in [0.4, 0.5) is 5.69 Å². The Morgan fingerprint density at radius 2 is 1.55 bits per heavy atom. The van der Waals surface area contributed by atoms with E-state index in [1.807, 2.05) is 24.3 Å². The third-order valence-electron chi connectivity index (χ3n) is 1.22. The second-order valence-electron chi connectivity index (χ2n) is 1.95. The van der Waals surface area contributed by atoms with E-state index in [0.717, 1.165) is 11.3 Å². The van der Waals surface area contributed by atoms with Crippen LogP contribution in [0.2, 0.25) is 0 Å². The van der Waals surface area contributed by atoms with Crippen LogP contribution in [0.3, 0.4) is 0 Å². The fraction of sp³-hybridized carbons (Fsp3) is 0.250. The smallest absolute Gasteiger partial charge is 0.0314 e. The molecule has 0 saturated carbocycles. The van der Waals surface area contributed by atoms with Gasteiger partial charge in [0.05, 0.1) is 0 Å². The van der Waals surface area contributed by atoms with Gasteiger partial charge in [-0.25, -0.2) is 0 Å². The van der Waals surface area contributed by atoms with E-state index in [-0.39, 0.29) is 0 Å². The summed E-state index contributed by atoms with van der Waals surface area (Å²) in [6.45, 7) is 0.584. The summed E-state index contributed by atoms with van der Waals surface area (Å²) >= 11 is 0. The van der Waals surface area contributed by atoms with Gasteiger partial charge in [-0.05, 0) is 24.7 Å². The molecular formula is C8H15N3. The van der Waals surface area contributed by atoms with Gasteiger partial charge >= 0.3 is 0 Å². The van der Waals surface area contributed by atoms with Crippen LogP contribution in [0, 0.1) is 0 Å². The number of benzene rings is 1. The minimum Gasteiger partial charge on any atom is -0.399 e. The first kappa shape index (κ1) is 9.94. The summed E-state index contributed by atoms with van der Waals surface area (Å²) in [5.41, 5.74) is 17.2. The lowest BCUT2D eigenvalue weighted by atomic mass is 10.2. The van der Waals surface area contributed by atoms with Crippen LogP contribution < -0.4 is 17.2 Å². The third kappa shape index (κ3) is 3.60. The highest BCUT2D eigenvalue weighted by atomic mass is 14.5. The number of anilines is 1. The molecule has 0 aromatic heterocycles. The first-order valence-corrected chi connectivity index (χ1v) is 3.45. The molecule has 3 heteroatoms. The van der Waals surface area contributed by atoms with Crippen molar-refractivity contribution in [3.63, 3.8) is 0 Å². The Kier molecular flexibility index (Phi) is 5.15. The SMILES string of the molecule is CN.NCc1ccc(N)cc1. The van der Waals surface area contributed by atoms with Gasteiger partial charge in [-0.1, -0.05) is 12.1 Å². The molecule has 0 aliphatic carbocycles. The molecule has 0 bridgehead atoms. The van der Waals surface area contributed by atoms with Crippen LogP contribution in [0.1, 0.15) is 5.56 Å². The zero-order chi connectivity index (χ0) is 8.69. The molecule has 6 N–H and O–H groups in total. The molecule has 62 valence electrons. The molecule has 0 amide bonds. The number of hydrogen-bond acceptors (Lipinski definition) is 3. The van der Waals surface area contributed by atoms with Crippen molar-refractivity contribution in [3.05, 3.63) is 29.8 Å². The van der Waals surface area contributed by atoms with Crippen molar-refractivity contribution in [1.82, 2.24) is 0 Å². The molecule has 1 rings (SSSR count). The van der Waals surface area contributed by atoms with Crippen molar-refractivity contribution >= 4 is 5.69 Å². The molecule has 11 heavy (non-hydrogen) atoms. The highest BCUT2D eigenvalue weighted by molar-refractivity contribution is 5.39. The van der Waals surface area contributed by atoms with Gasteiger partial charge in [0, 0.05) is 12.2 Å². The van der Waals surface area contributed by atoms with E-state index in [1.165, 1.54) is 7.05 Å². The molecule has 0 atom stereocenters. The Labute approximate surface area is 67.2 Å². The number of nitrogen functional groups attached to an aromatic ring is 1. The maximum atomic E-state index is 5.44. The van der Waals surface area contributed by atoms with Gasteiger partial charge in [0.1, 0.15) is 0 Å². The van der Waals surface area contributed by atoms with Crippen LogP contribution in [0.15, 0.2) is 24.3 Å². The van der Waals surface area contributed by atoms with E-state index in [4.69, 9.17) is 11.5 Å². The fourth-order valence-electron chi connectivity index (χ4n) is 0.654. The van der Waals surface area contributed by atoms with Crippen molar-refractivity contribution < 1.29 is 0 Å². The Morgan fingerprint density at radius 3 is 1.91 bits per heavy atom. The van der Waals surface area contributed by atoms with E-state index >= 15 is 0 Å². The summed E-state index contributed by atoms with van der Waals surface area (Å²) in [7, 11) is 1.50. The standard InChI is InChI=1S/C7H10N2.CH5N/c8-5-6-1-3-7(9)4-2-6;1-2/h1-4H,5,8-9H2;2H2,1H3. The van der Waals surface area contributed by atoms with Gasteiger partial charge < -0.3 is 17.2 Å². The predicted octanol–water partition coefficient (Wildman–Crippen LogP) is 0.302. The first-order chi connectivity index (χ1) is 5.33. The molecular weight excluding hydrogens is 138 g/mol. The average molecular weight is 153 g/mol. The maximum Gasteiger partial charge on any atom is 0.0314 e. The molecule has 0 aliphatic heterocycles. The largest absolute Gasteiger partial charge is 0.399 e. The van der Waals surface area contributed by atoms with E-state index < -0.39 is 0 Å². The summed E-state index contributed by atoms with van der Waals surface area (Å²) in [4.78, 5) is 0. The van der Waals surface area contributed by atoms with E-state index in [9.17, 15) is 0 Å². The molecule has 0 spiro atoms. The van der Waals surface area contributed by atoms with Crippen LogP contribution in [-0.4, -0.2) is 7.05 Å². The topological polar surface area (TPSA) is 78.1 Å².